The van der Waals surface area contributed by atoms with Gasteiger partial charge >= 0.3 is 0 Å². The maximum absolute atomic E-state index is 11.9. The van der Waals surface area contributed by atoms with Crippen LogP contribution in [0.5, 0.6) is 0 Å². The molecule has 1 aromatic heterocycles. The third-order valence-corrected chi connectivity index (χ3v) is 4.44. The molecule has 16 heavy (non-hydrogen) atoms. The van der Waals surface area contributed by atoms with Crippen LogP contribution >= 0.6 is 11.3 Å². The van der Waals surface area contributed by atoms with Gasteiger partial charge in [-0.15, -0.1) is 15.8 Å². The molecule has 0 saturated carbocycles. The maximum Gasteiger partial charge on any atom is 0.287 e. The van der Waals surface area contributed by atoms with E-state index in [-0.39, 0.29) is 9.90 Å². The van der Waals surface area contributed by atoms with Crippen LogP contribution in [0.1, 0.15) is 0 Å². The molecule has 2 rings (SSSR count). The van der Waals surface area contributed by atoms with E-state index in [4.69, 9.17) is 0 Å². The lowest BCUT2D eigenvalue weighted by Gasteiger charge is -2.14. The minimum absolute atomic E-state index is 0.0610. The van der Waals surface area contributed by atoms with Crippen LogP contribution in [0.15, 0.2) is 52.7 Å². The first-order valence-corrected chi connectivity index (χ1v) is 6.77. The Labute approximate surface area is 97.4 Å². The monoisotopic (exact) mass is 255 g/mol. The first-order valence-electron chi connectivity index (χ1n) is 4.45. The van der Waals surface area contributed by atoms with Gasteiger partial charge in [-0.3, -0.25) is 5.21 Å². The molecule has 0 aliphatic heterocycles. The quantitative estimate of drug-likeness (QED) is 0.856. The van der Waals surface area contributed by atoms with Crippen LogP contribution < -0.4 is 4.47 Å². The molecule has 1 aromatic carbocycles. The van der Waals surface area contributed by atoms with E-state index < -0.39 is 10.0 Å². The van der Waals surface area contributed by atoms with Crippen molar-refractivity contribution in [1.29, 1.82) is 0 Å². The molecule has 0 aliphatic carbocycles. The van der Waals surface area contributed by atoms with Gasteiger partial charge < -0.3 is 0 Å². The normalized spacial score (nSPS) is 11.3. The van der Waals surface area contributed by atoms with E-state index in [9.17, 15) is 13.6 Å². The van der Waals surface area contributed by atoms with Gasteiger partial charge in [-0.25, -0.2) is 0 Å². The highest BCUT2D eigenvalue weighted by Gasteiger charge is 2.23. The van der Waals surface area contributed by atoms with Crippen molar-refractivity contribution in [2.24, 2.45) is 0 Å². The molecule has 6 heteroatoms. The lowest BCUT2D eigenvalue weighted by Crippen LogP contribution is -2.26. The summed E-state index contributed by atoms with van der Waals surface area (Å²) in [7, 11) is -3.86. The van der Waals surface area contributed by atoms with Crippen molar-refractivity contribution in [2.75, 3.05) is 4.47 Å². The second-order valence-corrected chi connectivity index (χ2v) is 5.71. The summed E-state index contributed by atoms with van der Waals surface area (Å²) in [5.74, 6) is 0. The van der Waals surface area contributed by atoms with Gasteiger partial charge in [-0.05, 0) is 29.6 Å². The molecule has 0 atom stereocenters. The Kier molecular flexibility index (Phi) is 2.95. The van der Waals surface area contributed by atoms with Gasteiger partial charge in [0.15, 0.2) is 0 Å². The molecular formula is C10H9NO3S2. The summed E-state index contributed by atoms with van der Waals surface area (Å²) in [6.07, 6.45) is 0. The van der Waals surface area contributed by atoms with Crippen molar-refractivity contribution in [3.63, 3.8) is 0 Å². The van der Waals surface area contributed by atoms with E-state index in [1.165, 1.54) is 18.2 Å². The first-order chi connectivity index (χ1) is 7.62. The van der Waals surface area contributed by atoms with E-state index in [0.29, 0.717) is 4.47 Å². The van der Waals surface area contributed by atoms with Crippen LogP contribution in [-0.2, 0) is 10.0 Å². The van der Waals surface area contributed by atoms with Crippen molar-refractivity contribution < 1.29 is 13.6 Å². The van der Waals surface area contributed by atoms with E-state index in [2.05, 4.69) is 0 Å². The summed E-state index contributed by atoms with van der Waals surface area (Å²) < 4.78 is 24.1. The first kappa shape index (κ1) is 11.1. The van der Waals surface area contributed by atoms with Crippen LogP contribution in [0, 0.1) is 0 Å². The third kappa shape index (κ3) is 1.95. The van der Waals surface area contributed by atoms with Gasteiger partial charge in [0.2, 0.25) is 0 Å². The zero-order chi connectivity index (χ0) is 11.6. The molecule has 0 fully saturated rings. The summed E-state index contributed by atoms with van der Waals surface area (Å²) in [5, 5.41) is 11.6. The molecular weight excluding hydrogens is 246 g/mol. The second kappa shape index (κ2) is 4.25. The van der Waals surface area contributed by atoms with Crippen LogP contribution in [0.2, 0.25) is 0 Å². The fraction of sp³-hybridized carbons (Fsp3) is 0. The molecule has 84 valence electrons. The van der Waals surface area contributed by atoms with Crippen molar-refractivity contribution in [3.8, 4) is 0 Å². The predicted molar refractivity (Wildman–Crippen MR) is 62.2 cm³/mol. The van der Waals surface area contributed by atoms with Gasteiger partial charge in [0.25, 0.3) is 10.0 Å². The van der Waals surface area contributed by atoms with Crippen LogP contribution in [0.25, 0.3) is 0 Å². The number of thiophene rings is 1. The van der Waals surface area contributed by atoms with Crippen molar-refractivity contribution in [2.45, 2.75) is 4.90 Å². The summed E-state index contributed by atoms with van der Waals surface area (Å²) in [4.78, 5) is 0.0610. The highest BCUT2D eigenvalue weighted by Crippen LogP contribution is 2.25. The molecule has 1 N–H and O–H groups in total. The van der Waals surface area contributed by atoms with E-state index in [1.54, 1.807) is 29.6 Å². The molecule has 0 unspecified atom stereocenters. The number of anilines is 1. The Morgan fingerprint density at radius 3 is 2.31 bits per heavy atom. The van der Waals surface area contributed by atoms with Gasteiger partial charge in [-0.2, -0.15) is 8.42 Å². The number of hydrogen-bond donors (Lipinski definition) is 1. The SMILES string of the molecule is O=S(=O)(c1ccccc1)N(O)c1cccs1. The van der Waals surface area contributed by atoms with Gasteiger partial charge in [0, 0.05) is 0 Å². The number of sulfonamides is 1. The Bertz CT molecular complexity index is 549. The zero-order valence-electron chi connectivity index (χ0n) is 8.15. The average Bonchev–Trinajstić information content (AvgIpc) is 2.82. The highest BCUT2D eigenvalue weighted by atomic mass is 32.2. The van der Waals surface area contributed by atoms with Crippen molar-refractivity contribution in [3.05, 3.63) is 47.8 Å². The Morgan fingerprint density at radius 1 is 1.06 bits per heavy atom. The smallest absolute Gasteiger partial charge is 0.273 e. The van der Waals surface area contributed by atoms with Crippen LogP contribution in [0.4, 0.5) is 5.00 Å². The van der Waals surface area contributed by atoms with Crippen molar-refractivity contribution >= 4 is 26.4 Å². The summed E-state index contributed by atoms with van der Waals surface area (Å²) in [5.41, 5.74) is 0. The Morgan fingerprint density at radius 2 is 1.75 bits per heavy atom. The van der Waals surface area contributed by atoms with Gasteiger partial charge in [-0.1, -0.05) is 18.2 Å². The maximum atomic E-state index is 11.9. The van der Waals surface area contributed by atoms with Crippen LogP contribution in [-0.4, -0.2) is 13.6 Å². The van der Waals surface area contributed by atoms with E-state index in [0.717, 1.165) is 11.3 Å². The fourth-order valence-electron chi connectivity index (χ4n) is 1.19. The standard InChI is InChI=1S/C10H9NO3S2/c12-11(10-7-4-8-15-10)16(13,14)9-5-2-1-3-6-9/h1-8,12H. The summed E-state index contributed by atoms with van der Waals surface area (Å²) in [6.45, 7) is 0. The van der Waals surface area contributed by atoms with Gasteiger partial charge in [0.05, 0.1) is 4.90 Å². The molecule has 2 aromatic rings. The minimum atomic E-state index is -3.86. The minimum Gasteiger partial charge on any atom is -0.273 e. The zero-order valence-corrected chi connectivity index (χ0v) is 9.78. The fourth-order valence-corrected chi connectivity index (χ4v) is 3.16. The number of hydrogen-bond acceptors (Lipinski definition) is 4. The molecule has 0 spiro atoms. The molecule has 1 heterocycles. The topological polar surface area (TPSA) is 57.6 Å². The van der Waals surface area contributed by atoms with Crippen LogP contribution in [0.3, 0.4) is 0 Å². The van der Waals surface area contributed by atoms with Gasteiger partial charge in [0.1, 0.15) is 5.00 Å². The van der Waals surface area contributed by atoms with E-state index >= 15 is 0 Å². The second-order valence-electron chi connectivity index (χ2n) is 3.01. The lowest BCUT2D eigenvalue weighted by atomic mass is 10.4. The third-order valence-electron chi connectivity index (χ3n) is 1.96. The molecule has 0 saturated heterocycles. The number of benzene rings is 1. The van der Waals surface area contributed by atoms with Crippen molar-refractivity contribution in [1.82, 2.24) is 0 Å². The Hall–Kier alpha value is -1.37. The number of rotatable bonds is 3. The summed E-state index contributed by atoms with van der Waals surface area (Å²) in [6, 6.07) is 11.0. The Balaban J connectivity index is 2.41. The average molecular weight is 255 g/mol. The largest absolute Gasteiger partial charge is 0.287 e. The highest BCUT2D eigenvalue weighted by molar-refractivity contribution is 7.92. The summed E-state index contributed by atoms with van der Waals surface area (Å²) >= 11 is 1.15. The molecule has 0 aliphatic rings. The number of nitrogens with zero attached hydrogens (tertiary/aromatic N) is 1. The molecule has 0 amide bonds. The molecule has 0 radical (unpaired) electrons. The predicted octanol–water partition coefficient (Wildman–Crippen LogP) is 2.33. The van der Waals surface area contributed by atoms with E-state index in [1.807, 2.05) is 0 Å². The molecule has 0 bridgehead atoms. The lowest BCUT2D eigenvalue weighted by molar-refractivity contribution is 0.318. The molecule has 4 nitrogen and oxygen atoms in total.